The fourth-order valence-corrected chi connectivity index (χ4v) is 18.2. The van der Waals surface area contributed by atoms with Gasteiger partial charge in [-0.05, 0) is 94.8 Å². The van der Waals surface area contributed by atoms with E-state index in [0.717, 1.165) is 66.0 Å². The van der Waals surface area contributed by atoms with E-state index in [1.165, 1.54) is 0 Å². The number of rotatable bonds is 25. The summed E-state index contributed by atoms with van der Waals surface area (Å²) in [5, 5.41) is 7.77. The SMILES string of the molecule is CCCC(C)(Oc1ccc(/C=N/N(C)[PH](=S)C(C)(CCC)Oc2ccc(/C=N/N(C)[PH](=S)C(C)(CC)Oc3ccc(/C=C/[PH]4(OC)OCO4)cc3)cc2)cc1)P(N)P(N)PN. The maximum Gasteiger partial charge on any atom is 0.0510 e. The standard InChI is InChI=1S/C40H65N7O6P6S2/c1-10-26-39(5,55(42)58(43)54-41)52-36-21-15-33(16-22-36)30-45-47(8)57(61)40(6,27-11-2)53-37-23-17-34(18-24-37)29-44-46(7)56(60)38(4,12-3)51-35-19-13-32(14-20-35)25-28-59(48-9)49-31-50-59/h13-25,28-30,54,56-57,59H,10-12,26-27,31,41-43H2,1-9H3/b28-25+,44-29+,45-30+. The fourth-order valence-electron chi connectivity index (χ4n) is 6.33. The predicted molar refractivity (Wildman–Crippen MR) is 275 cm³/mol. The monoisotopic (exact) mass is 989 g/mol. The molecule has 1 fully saturated rings. The molecule has 8 unspecified atom stereocenters. The molecule has 0 spiro atoms. The van der Waals surface area contributed by atoms with Crippen molar-refractivity contribution < 1.29 is 27.8 Å². The molecule has 0 bridgehead atoms. The van der Waals surface area contributed by atoms with Crippen LogP contribution in [-0.2, 0) is 37.2 Å². The maximum absolute atomic E-state index is 6.67. The van der Waals surface area contributed by atoms with Gasteiger partial charge in [0.1, 0.15) is 22.2 Å². The molecule has 61 heavy (non-hydrogen) atoms. The van der Waals surface area contributed by atoms with Gasteiger partial charge in [0.25, 0.3) is 0 Å². The van der Waals surface area contributed by atoms with Crippen molar-refractivity contribution >= 4 is 87.4 Å². The van der Waals surface area contributed by atoms with Crippen molar-refractivity contribution in [3.63, 3.8) is 0 Å². The van der Waals surface area contributed by atoms with Crippen molar-refractivity contribution in [3.05, 3.63) is 95.3 Å². The number of hydrazone groups is 2. The van der Waals surface area contributed by atoms with Crippen LogP contribution >= 0.6 is 45.3 Å². The summed E-state index contributed by atoms with van der Waals surface area (Å²) >= 11 is 12.2. The predicted octanol–water partition coefficient (Wildman–Crippen LogP) is 11.3. The van der Waals surface area contributed by atoms with Gasteiger partial charge in [0.2, 0.25) is 0 Å². The quantitative estimate of drug-likeness (QED) is 0.0418. The Morgan fingerprint density at radius 1 is 0.754 bits per heavy atom. The van der Waals surface area contributed by atoms with Crippen LogP contribution in [0.15, 0.2) is 88.8 Å². The van der Waals surface area contributed by atoms with Crippen LogP contribution in [0, 0.1) is 0 Å². The van der Waals surface area contributed by atoms with Gasteiger partial charge in [-0.3, -0.25) is 4.78 Å². The molecule has 338 valence electrons. The average Bonchev–Trinajstić information content (AvgIpc) is 3.24. The van der Waals surface area contributed by atoms with Crippen LogP contribution in [0.25, 0.3) is 6.08 Å². The van der Waals surface area contributed by atoms with Gasteiger partial charge in [-0.25, -0.2) is 0 Å². The average molecular weight is 990 g/mol. The second-order valence-corrected chi connectivity index (χ2v) is 33.0. The largest absolute Gasteiger partial charge is 0.307 e. The first-order valence-corrected chi connectivity index (χ1v) is 32.5. The molecule has 3 aromatic carbocycles. The summed E-state index contributed by atoms with van der Waals surface area (Å²) in [7, 11) is 0.919. The van der Waals surface area contributed by atoms with E-state index in [1.54, 1.807) is 7.11 Å². The zero-order valence-corrected chi connectivity index (χ0v) is 44.1. The first-order valence-electron chi connectivity index (χ1n) is 20.1. The van der Waals surface area contributed by atoms with E-state index in [2.05, 4.69) is 34.6 Å². The molecule has 21 heteroatoms. The van der Waals surface area contributed by atoms with Gasteiger partial charge in [-0.1, -0.05) is 38.5 Å². The zero-order valence-electron chi connectivity index (χ0n) is 36.7. The molecule has 3 aromatic rings. The number of ether oxygens (including phenoxy) is 3. The van der Waals surface area contributed by atoms with Crippen molar-refractivity contribution in [1.82, 2.24) is 9.56 Å². The molecule has 0 aromatic heterocycles. The van der Waals surface area contributed by atoms with Gasteiger partial charge >= 0.3 is 155 Å². The topological polar surface area (TPSA) is 165 Å². The second-order valence-electron chi connectivity index (χ2n) is 15.0. The molecule has 0 amide bonds. The van der Waals surface area contributed by atoms with Gasteiger partial charge < -0.3 is 26.0 Å². The zero-order chi connectivity index (χ0) is 44.8. The Morgan fingerprint density at radius 2 is 1.20 bits per heavy atom. The fraction of sp³-hybridized carbons (Fsp3) is 0.450. The van der Waals surface area contributed by atoms with Gasteiger partial charge in [0.05, 0.1) is 20.8 Å². The summed E-state index contributed by atoms with van der Waals surface area (Å²) in [6, 6.07) is 23.6. The van der Waals surface area contributed by atoms with Crippen LogP contribution in [0.5, 0.6) is 17.2 Å². The van der Waals surface area contributed by atoms with E-state index in [1.807, 2.05) is 128 Å². The Kier molecular flexibility index (Phi) is 20.7. The van der Waals surface area contributed by atoms with Crippen molar-refractivity contribution in [2.75, 3.05) is 28.0 Å². The first kappa shape index (κ1) is 52.1. The van der Waals surface area contributed by atoms with Gasteiger partial charge in [0, 0.05) is 14.5 Å². The van der Waals surface area contributed by atoms with E-state index in [0.29, 0.717) is 0 Å². The van der Waals surface area contributed by atoms with Crippen LogP contribution in [-0.4, -0.2) is 66.0 Å². The van der Waals surface area contributed by atoms with Crippen LogP contribution < -0.4 is 30.7 Å². The number of nitrogens with zero attached hydrogens (tertiary/aromatic N) is 4. The molecule has 6 N–H and O–H groups in total. The summed E-state index contributed by atoms with van der Waals surface area (Å²) < 4.78 is 39.8. The minimum atomic E-state index is -2.63. The number of hydrogen-bond acceptors (Lipinski definition) is 13. The molecule has 1 saturated heterocycles. The van der Waals surface area contributed by atoms with Crippen LogP contribution in [0.3, 0.4) is 0 Å². The van der Waals surface area contributed by atoms with Gasteiger partial charge in [-0.15, -0.1) is 0 Å². The maximum atomic E-state index is 6.67. The van der Waals surface area contributed by atoms with Gasteiger partial charge in [-0.2, -0.15) is 5.10 Å². The Balaban J connectivity index is 1.35. The molecule has 0 radical (unpaired) electrons. The van der Waals surface area contributed by atoms with E-state index in [9.17, 15) is 0 Å². The first-order chi connectivity index (χ1) is 29.0. The van der Waals surface area contributed by atoms with E-state index in [4.69, 9.17) is 78.1 Å². The number of hydrogen-bond donors (Lipinski definition) is 3. The molecule has 1 aliphatic heterocycles. The molecule has 0 saturated carbocycles. The molecule has 0 aliphatic carbocycles. The smallest absolute Gasteiger partial charge is 0.0510 e. The summed E-state index contributed by atoms with van der Waals surface area (Å²) in [4.78, 5) is 0. The van der Waals surface area contributed by atoms with Crippen molar-refractivity contribution in [2.24, 2.45) is 26.7 Å². The van der Waals surface area contributed by atoms with E-state index < -0.39 is 52.9 Å². The summed E-state index contributed by atoms with van der Waals surface area (Å²) in [6.07, 6.45) is 9.73. The molecular formula is C40H65N7O6P6S2. The third-order valence-corrected chi connectivity index (χ3v) is 29.0. The minimum Gasteiger partial charge on any atom is -0.307 e. The molecule has 4 rings (SSSR count). The summed E-state index contributed by atoms with van der Waals surface area (Å²) in [6.45, 7) is 9.40. The van der Waals surface area contributed by atoms with Gasteiger partial charge in [0.15, 0.2) is 0 Å². The Labute approximate surface area is 379 Å². The second kappa shape index (κ2) is 24.2. The molecule has 13 nitrogen and oxygen atoms in total. The Morgan fingerprint density at radius 3 is 1.61 bits per heavy atom. The molecular weight excluding hydrogens is 924 g/mol. The van der Waals surface area contributed by atoms with Crippen LogP contribution in [0.2, 0.25) is 0 Å². The van der Waals surface area contributed by atoms with Crippen molar-refractivity contribution in [2.45, 2.75) is 89.7 Å². The Bertz CT molecular complexity index is 1980. The van der Waals surface area contributed by atoms with E-state index in [-0.39, 0.29) is 15.2 Å². The van der Waals surface area contributed by atoms with Crippen LogP contribution in [0.1, 0.15) is 90.3 Å². The van der Waals surface area contributed by atoms with Crippen molar-refractivity contribution in [3.8, 4) is 17.2 Å². The number of nitrogens with two attached hydrogens (primary N) is 3. The van der Waals surface area contributed by atoms with Crippen LogP contribution in [0.4, 0.5) is 0 Å². The summed E-state index contributed by atoms with van der Waals surface area (Å²) in [5.74, 6) is 4.09. The van der Waals surface area contributed by atoms with E-state index >= 15 is 0 Å². The number of benzene rings is 3. The molecule has 8 atom stereocenters. The normalized spacial score (nSPS) is 19.7. The minimum absolute atomic E-state index is 0.134. The summed E-state index contributed by atoms with van der Waals surface area (Å²) in [5.41, 5.74) is 21.6. The van der Waals surface area contributed by atoms with Crippen molar-refractivity contribution in [1.29, 1.82) is 0 Å². The molecule has 1 heterocycles. The third kappa shape index (κ3) is 14.5. The third-order valence-electron chi connectivity index (χ3n) is 10.2. The molecule has 1 aliphatic rings. The Hall–Kier alpha value is -1.48.